The Kier molecular flexibility index (Phi) is 7.57. The number of pyridine rings is 1. The summed E-state index contributed by atoms with van der Waals surface area (Å²) in [6.07, 6.45) is 2.27. The van der Waals surface area contributed by atoms with Crippen LogP contribution in [0, 0.1) is 6.92 Å². The van der Waals surface area contributed by atoms with Crippen LogP contribution < -0.4 is 5.56 Å². The lowest BCUT2D eigenvalue weighted by atomic mass is 9.94. The van der Waals surface area contributed by atoms with E-state index in [2.05, 4.69) is 20.6 Å². The molecule has 0 bridgehead atoms. The second-order valence-electron chi connectivity index (χ2n) is 8.43. The van der Waals surface area contributed by atoms with Gasteiger partial charge in [0.15, 0.2) is 5.82 Å². The number of H-pyrrole nitrogens is 1. The zero-order valence-corrected chi connectivity index (χ0v) is 21.1. The maximum absolute atomic E-state index is 13.5. The fourth-order valence-corrected chi connectivity index (χ4v) is 4.28. The van der Waals surface area contributed by atoms with Crippen molar-refractivity contribution in [3.05, 3.63) is 81.3 Å². The molecule has 0 saturated heterocycles. The van der Waals surface area contributed by atoms with Gasteiger partial charge in [0.25, 0.3) is 5.56 Å². The number of carbonyl (C=O) groups excluding carboxylic acids is 2. The number of methoxy groups -OCH3 is 2. The van der Waals surface area contributed by atoms with Gasteiger partial charge in [-0.25, -0.2) is 14.7 Å². The van der Waals surface area contributed by atoms with Gasteiger partial charge < -0.3 is 9.47 Å². The van der Waals surface area contributed by atoms with E-state index in [9.17, 15) is 14.4 Å². The predicted octanol–water partition coefficient (Wildman–Crippen LogP) is 3.91. The highest BCUT2D eigenvalue weighted by Crippen LogP contribution is 2.33. The van der Waals surface area contributed by atoms with Crippen molar-refractivity contribution in [1.82, 2.24) is 25.2 Å². The standard InChI is InChI=1S/C27H27N5O5/c1-5-6-9-17-14-22(26(34)36-3)16(2)25(33)32(17)18-12-13-20(23(15-18)27(35)37-4)19-10-7-8-11-21(19)24-28-30-31-29-24/h7-8,10-15H,5-6,9H2,1-4H3,(H,28,29,30,31). The maximum Gasteiger partial charge on any atom is 0.338 e. The van der Waals surface area contributed by atoms with Crippen LogP contribution in [0.15, 0.2) is 53.3 Å². The summed E-state index contributed by atoms with van der Waals surface area (Å²) < 4.78 is 11.5. The Bertz CT molecular complexity index is 1510. The van der Waals surface area contributed by atoms with Crippen molar-refractivity contribution < 1.29 is 19.1 Å². The fourth-order valence-electron chi connectivity index (χ4n) is 4.28. The van der Waals surface area contributed by atoms with E-state index in [1.54, 1.807) is 35.8 Å². The summed E-state index contributed by atoms with van der Waals surface area (Å²) in [6.45, 7) is 3.63. The molecule has 0 aliphatic heterocycles. The van der Waals surface area contributed by atoms with Crippen LogP contribution in [0.25, 0.3) is 28.2 Å². The number of aromatic amines is 1. The first-order valence-electron chi connectivity index (χ1n) is 11.8. The van der Waals surface area contributed by atoms with Gasteiger partial charge in [0, 0.05) is 22.5 Å². The number of hydrogen-bond donors (Lipinski definition) is 1. The van der Waals surface area contributed by atoms with Gasteiger partial charge in [-0.15, -0.1) is 5.10 Å². The summed E-state index contributed by atoms with van der Waals surface area (Å²) in [5, 5.41) is 14.1. The SMILES string of the molecule is CCCCc1cc(C(=O)OC)c(C)c(=O)n1-c1ccc(-c2ccccc2-c2nnn[nH]2)c(C(=O)OC)c1. The van der Waals surface area contributed by atoms with Crippen LogP contribution in [0.3, 0.4) is 0 Å². The highest BCUT2D eigenvalue weighted by atomic mass is 16.5. The molecule has 10 nitrogen and oxygen atoms in total. The molecule has 0 amide bonds. The number of nitrogens with one attached hydrogen (secondary N) is 1. The number of rotatable bonds is 8. The largest absolute Gasteiger partial charge is 0.465 e. The molecular weight excluding hydrogens is 474 g/mol. The van der Waals surface area contributed by atoms with Crippen molar-refractivity contribution in [3.63, 3.8) is 0 Å². The Morgan fingerprint density at radius 2 is 1.65 bits per heavy atom. The number of nitrogens with zero attached hydrogens (tertiary/aromatic N) is 4. The highest BCUT2D eigenvalue weighted by Gasteiger charge is 2.22. The first kappa shape index (κ1) is 25.5. The molecule has 0 fully saturated rings. The van der Waals surface area contributed by atoms with E-state index in [-0.39, 0.29) is 22.2 Å². The monoisotopic (exact) mass is 501 g/mol. The Morgan fingerprint density at radius 3 is 2.30 bits per heavy atom. The minimum absolute atomic E-state index is 0.231. The van der Waals surface area contributed by atoms with Gasteiger partial charge in [-0.3, -0.25) is 9.36 Å². The molecule has 4 aromatic rings. The summed E-state index contributed by atoms with van der Waals surface area (Å²) >= 11 is 0. The summed E-state index contributed by atoms with van der Waals surface area (Å²) in [4.78, 5) is 38.8. The van der Waals surface area contributed by atoms with Crippen molar-refractivity contribution in [2.45, 2.75) is 33.1 Å². The number of benzene rings is 2. The molecular formula is C27H27N5O5. The van der Waals surface area contributed by atoms with Crippen molar-refractivity contribution in [1.29, 1.82) is 0 Å². The van der Waals surface area contributed by atoms with Gasteiger partial charge in [-0.05, 0) is 59.5 Å². The third-order valence-corrected chi connectivity index (χ3v) is 6.20. The van der Waals surface area contributed by atoms with Gasteiger partial charge >= 0.3 is 11.9 Å². The Labute approximate surface area is 213 Å². The third-order valence-electron chi connectivity index (χ3n) is 6.20. The summed E-state index contributed by atoms with van der Waals surface area (Å²) in [5.74, 6) is -0.681. The van der Waals surface area contributed by atoms with Crippen LogP contribution in [0.4, 0.5) is 0 Å². The van der Waals surface area contributed by atoms with Gasteiger partial charge in [0.2, 0.25) is 0 Å². The van der Waals surface area contributed by atoms with Crippen LogP contribution in [-0.2, 0) is 15.9 Å². The quantitative estimate of drug-likeness (QED) is 0.360. The Morgan fingerprint density at radius 1 is 0.946 bits per heavy atom. The van der Waals surface area contributed by atoms with E-state index in [4.69, 9.17) is 9.47 Å². The summed E-state index contributed by atoms with van der Waals surface area (Å²) in [7, 11) is 2.59. The Balaban J connectivity index is 1.95. The van der Waals surface area contributed by atoms with E-state index in [0.29, 0.717) is 40.3 Å². The number of hydrogen-bond acceptors (Lipinski definition) is 8. The van der Waals surface area contributed by atoms with E-state index >= 15 is 0 Å². The average molecular weight is 502 g/mol. The molecule has 2 aromatic heterocycles. The first-order valence-corrected chi connectivity index (χ1v) is 11.8. The van der Waals surface area contributed by atoms with Crippen LogP contribution in [0.1, 0.15) is 51.7 Å². The van der Waals surface area contributed by atoms with E-state index < -0.39 is 11.9 Å². The molecule has 0 unspecified atom stereocenters. The van der Waals surface area contributed by atoms with E-state index in [1.165, 1.54) is 14.2 Å². The van der Waals surface area contributed by atoms with Crippen LogP contribution in [0.5, 0.6) is 0 Å². The van der Waals surface area contributed by atoms with Crippen LogP contribution >= 0.6 is 0 Å². The fraction of sp³-hybridized carbons (Fsp3) is 0.259. The number of tetrazole rings is 1. The molecule has 37 heavy (non-hydrogen) atoms. The third kappa shape index (κ3) is 4.90. The highest BCUT2D eigenvalue weighted by molar-refractivity contribution is 6.00. The van der Waals surface area contributed by atoms with Crippen molar-refractivity contribution >= 4 is 11.9 Å². The molecule has 0 aliphatic carbocycles. The predicted molar refractivity (Wildman–Crippen MR) is 137 cm³/mol. The van der Waals surface area contributed by atoms with Crippen molar-refractivity contribution in [2.75, 3.05) is 14.2 Å². The van der Waals surface area contributed by atoms with E-state index in [1.807, 2.05) is 31.2 Å². The molecule has 0 radical (unpaired) electrons. The zero-order chi connectivity index (χ0) is 26.5. The topological polar surface area (TPSA) is 129 Å². The van der Waals surface area contributed by atoms with Crippen LogP contribution in [-0.4, -0.2) is 51.3 Å². The van der Waals surface area contributed by atoms with Gasteiger partial charge in [-0.2, -0.15) is 0 Å². The van der Waals surface area contributed by atoms with Gasteiger partial charge in [-0.1, -0.05) is 43.7 Å². The number of unbranched alkanes of at least 4 members (excludes halogenated alkanes) is 1. The second-order valence-corrected chi connectivity index (χ2v) is 8.43. The molecule has 0 spiro atoms. The molecule has 0 saturated carbocycles. The number of esters is 2. The lowest BCUT2D eigenvalue weighted by molar-refractivity contribution is 0.0591. The second kappa shape index (κ2) is 11.0. The maximum atomic E-state index is 13.5. The molecule has 0 atom stereocenters. The van der Waals surface area contributed by atoms with E-state index in [0.717, 1.165) is 12.8 Å². The lowest BCUT2D eigenvalue weighted by Gasteiger charge is -2.18. The molecule has 1 N–H and O–H groups in total. The molecule has 190 valence electrons. The number of aromatic nitrogens is 5. The molecule has 4 rings (SSSR count). The number of carbonyl (C=O) groups is 2. The first-order chi connectivity index (χ1) is 17.9. The minimum Gasteiger partial charge on any atom is -0.465 e. The minimum atomic E-state index is -0.566. The van der Waals surface area contributed by atoms with Gasteiger partial charge in [0.1, 0.15) is 0 Å². The average Bonchev–Trinajstić information content (AvgIpc) is 3.47. The number of aryl methyl sites for hydroxylation is 1. The Hall–Kier alpha value is -4.60. The summed E-state index contributed by atoms with van der Waals surface area (Å²) in [6, 6.07) is 14.2. The molecule has 10 heteroatoms. The lowest BCUT2D eigenvalue weighted by Crippen LogP contribution is -2.27. The van der Waals surface area contributed by atoms with Crippen molar-refractivity contribution in [2.24, 2.45) is 0 Å². The zero-order valence-electron chi connectivity index (χ0n) is 21.1. The molecule has 2 aromatic carbocycles. The molecule has 0 aliphatic rings. The van der Waals surface area contributed by atoms with Gasteiger partial charge in [0.05, 0.1) is 25.3 Å². The van der Waals surface area contributed by atoms with Crippen LogP contribution in [0.2, 0.25) is 0 Å². The number of ether oxygens (including phenoxy) is 2. The molecule has 2 heterocycles. The summed E-state index contributed by atoms with van der Waals surface area (Å²) in [5.41, 5.74) is 3.54. The smallest absolute Gasteiger partial charge is 0.338 e. The normalized spacial score (nSPS) is 10.8. The van der Waals surface area contributed by atoms with Crippen molar-refractivity contribution in [3.8, 4) is 28.2 Å².